The van der Waals surface area contributed by atoms with Crippen molar-refractivity contribution < 1.29 is 0 Å². The highest BCUT2D eigenvalue weighted by Crippen LogP contribution is 2.41. The molecule has 0 aliphatic rings. The summed E-state index contributed by atoms with van der Waals surface area (Å²) in [7, 11) is 0. The lowest BCUT2D eigenvalue weighted by molar-refractivity contribution is 0.439. The maximum atomic E-state index is 2.40. The predicted octanol–water partition coefficient (Wildman–Crippen LogP) is 17.5. The van der Waals surface area contributed by atoms with Crippen LogP contribution in [-0.2, 0) is 23.7 Å². The summed E-state index contributed by atoms with van der Waals surface area (Å²) in [6.07, 6.45) is 13.0. The Bertz CT molecular complexity index is 2130. The Kier molecular flexibility index (Phi) is 14.9. The molecule has 0 unspecified atom stereocenters. The molecule has 0 saturated carbocycles. The highest BCUT2D eigenvalue weighted by atomic mass is 15.1. The normalized spacial score (nSPS) is 11.8. The van der Waals surface area contributed by atoms with Crippen LogP contribution in [0.25, 0.3) is 11.1 Å². The Morgan fingerprint density at radius 2 is 0.593 bits per heavy atom. The Hall–Kier alpha value is -5.08. The highest BCUT2D eigenvalue weighted by molar-refractivity contribution is 5.81. The molecule has 0 fully saturated rings. The Morgan fingerprint density at radius 3 is 0.881 bits per heavy atom. The summed E-state index contributed by atoms with van der Waals surface area (Å²) < 4.78 is 0. The molecule has 6 rings (SSSR count). The number of unbranched alkanes of at least 4 members (excludes halogenated alkanes) is 3. The van der Waals surface area contributed by atoms with E-state index in [1.54, 1.807) is 0 Å². The third-order valence-electron chi connectivity index (χ3n) is 13.6. The lowest BCUT2D eigenvalue weighted by Gasteiger charge is -2.30. The van der Waals surface area contributed by atoms with Gasteiger partial charge in [-0.3, -0.25) is 0 Å². The maximum Gasteiger partial charge on any atom is 0.0462 e. The van der Waals surface area contributed by atoms with E-state index < -0.39 is 0 Å². The molecule has 2 nitrogen and oxygen atoms in total. The Balaban J connectivity index is 1.31. The van der Waals surface area contributed by atoms with Gasteiger partial charge in [0.2, 0.25) is 0 Å². The van der Waals surface area contributed by atoms with Gasteiger partial charge < -0.3 is 9.80 Å². The van der Waals surface area contributed by atoms with Gasteiger partial charge in [0, 0.05) is 34.1 Å². The quantitative estimate of drug-likeness (QED) is 0.0712. The van der Waals surface area contributed by atoms with Gasteiger partial charge in [-0.1, -0.05) is 147 Å². The molecule has 0 spiro atoms. The molecule has 6 aromatic carbocycles. The van der Waals surface area contributed by atoms with Crippen LogP contribution in [0, 0.1) is 0 Å². The second kappa shape index (κ2) is 20.3. The molecule has 0 aromatic heterocycles. The Morgan fingerprint density at radius 1 is 0.322 bits per heavy atom. The molecule has 308 valence electrons. The van der Waals surface area contributed by atoms with E-state index in [2.05, 4.69) is 211 Å². The Labute approximate surface area is 358 Å². The zero-order chi connectivity index (χ0) is 41.8. The standard InChI is InChI=1S/C57H70N2/c1-9-15-17-19-45-22-34-51(35-23-45)59(55-42-30-49(31-43-55)57(8,13-5)14-6)53-38-26-47(27-39-53)46-24-36-52(37-25-46)58(50-32-20-44(21-33-50)18-16-10-2)54-40-28-48(29-41-54)56(7,11-3)12-4/h20-43H,9-19H2,1-8H3. The van der Waals surface area contributed by atoms with E-state index in [0.717, 1.165) is 49.9 Å². The van der Waals surface area contributed by atoms with Crippen molar-refractivity contribution in [3.05, 3.63) is 168 Å². The largest absolute Gasteiger partial charge is 0.311 e. The average Bonchev–Trinajstić information content (AvgIpc) is 3.30. The number of hydrogen-bond donors (Lipinski definition) is 0. The van der Waals surface area contributed by atoms with Crippen molar-refractivity contribution in [2.45, 2.75) is 137 Å². The third kappa shape index (κ3) is 10.2. The minimum Gasteiger partial charge on any atom is -0.311 e. The van der Waals surface area contributed by atoms with Gasteiger partial charge in [-0.05, 0) is 168 Å². The van der Waals surface area contributed by atoms with Crippen molar-refractivity contribution in [2.75, 3.05) is 9.80 Å². The van der Waals surface area contributed by atoms with Gasteiger partial charge in [0.1, 0.15) is 0 Å². The zero-order valence-electron chi connectivity index (χ0n) is 37.5. The van der Waals surface area contributed by atoms with Gasteiger partial charge in [0.25, 0.3) is 0 Å². The number of anilines is 6. The molecule has 0 N–H and O–H groups in total. The van der Waals surface area contributed by atoms with Crippen LogP contribution in [0.2, 0.25) is 0 Å². The number of aryl methyl sites for hydroxylation is 2. The lowest BCUT2D eigenvalue weighted by atomic mass is 9.78. The molecule has 0 atom stereocenters. The van der Waals surface area contributed by atoms with E-state index in [1.807, 2.05) is 0 Å². The predicted molar refractivity (Wildman–Crippen MR) is 259 cm³/mol. The van der Waals surface area contributed by atoms with Crippen LogP contribution >= 0.6 is 0 Å². The first-order valence-electron chi connectivity index (χ1n) is 22.9. The fourth-order valence-electron chi connectivity index (χ4n) is 8.43. The topological polar surface area (TPSA) is 6.48 Å². The van der Waals surface area contributed by atoms with Crippen molar-refractivity contribution in [3.8, 4) is 11.1 Å². The van der Waals surface area contributed by atoms with Crippen LogP contribution in [0.15, 0.2) is 146 Å². The summed E-state index contributed by atoms with van der Waals surface area (Å²) in [6.45, 7) is 18.5. The van der Waals surface area contributed by atoms with Gasteiger partial charge >= 0.3 is 0 Å². The van der Waals surface area contributed by atoms with Crippen LogP contribution < -0.4 is 9.80 Å². The van der Waals surface area contributed by atoms with Crippen molar-refractivity contribution in [1.29, 1.82) is 0 Å². The molecule has 0 amide bonds. The van der Waals surface area contributed by atoms with E-state index in [9.17, 15) is 0 Å². The van der Waals surface area contributed by atoms with Gasteiger partial charge in [0.05, 0.1) is 0 Å². The first kappa shape index (κ1) is 43.5. The fraction of sp³-hybridized carbons (Fsp3) is 0.368. The lowest BCUT2D eigenvalue weighted by Crippen LogP contribution is -2.19. The molecule has 6 aromatic rings. The monoisotopic (exact) mass is 783 g/mol. The summed E-state index contributed by atoms with van der Waals surface area (Å²) in [6, 6.07) is 55.3. The second-order valence-corrected chi connectivity index (χ2v) is 17.3. The molecule has 0 aliphatic heterocycles. The van der Waals surface area contributed by atoms with E-state index in [4.69, 9.17) is 0 Å². The molecule has 0 bridgehead atoms. The van der Waals surface area contributed by atoms with Crippen molar-refractivity contribution in [2.24, 2.45) is 0 Å². The summed E-state index contributed by atoms with van der Waals surface area (Å²) in [5.41, 5.74) is 15.5. The second-order valence-electron chi connectivity index (χ2n) is 17.3. The number of nitrogens with zero attached hydrogens (tertiary/aromatic N) is 2. The molecule has 59 heavy (non-hydrogen) atoms. The third-order valence-corrected chi connectivity index (χ3v) is 13.6. The number of hydrogen-bond acceptors (Lipinski definition) is 2. The average molecular weight is 783 g/mol. The van der Waals surface area contributed by atoms with Crippen LogP contribution in [0.3, 0.4) is 0 Å². The van der Waals surface area contributed by atoms with Crippen molar-refractivity contribution in [1.82, 2.24) is 0 Å². The summed E-state index contributed by atoms with van der Waals surface area (Å²) in [4.78, 5) is 4.80. The van der Waals surface area contributed by atoms with Crippen molar-refractivity contribution >= 4 is 34.1 Å². The minimum absolute atomic E-state index is 0.187. The summed E-state index contributed by atoms with van der Waals surface area (Å²) >= 11 is 0. The summed E-state index contributed by atoms with van der Waals surface area (Å²) in [5.74, 6) is 0. The SMILES string of the molecule is CCCCCc1ccc(N(c2ccc(-c3ccc(N(c4ccc(CCCC)cc4)c4ccc(C(C)(CC)CC)cc4)cc3)cc2)c2ccc(C(C)(CC)CC)cc2)cc1. The molecule has 0 radical (unpaired) electrons. The van der Waals surface area contributed by atoms with Crippen LogP contribution in [0.4, 0.5) is 34.1 Å². The smallest absolute Gasteiger partial charge is 0.0462 e. The van der Waals surface area contributed by atoms with Gasteiger partial charge in [0.15, 0.2) is 0 Å². The van der Waals surface area contributed by atoms with Crippen LogP contribution in [-0.4, -0.2) is 0 Å². The molecule has 0 saturated heterocycles. The molecule has 2 heteroatoms. The first-order valence-corrected chi connectivity index (χ1v) is 22.9. The number of rotatable bonds is 20. The zero-order valence-corrected chi connectivity index (χ0v) is 37.5. The number of benzene rings is 6. The van der Waals surface area contributed by atoms with Gasteiger partial charge in [-0.15, -0.1) is 0 Å². The summed E-state index contributed by atoms with van der Waals surface area (Å²) in [5, 5.41) is 0. The van der Waals surface area contributed by atoms with Crippen molar-refractivity contribution in [3.63, 3.8) is 0 Å². The maximum absolute atomic E-state index is 2.40. The van der Waals surface area contributed by atoms with Crippen LogP contribution in [0.1, 0.15) is 135 Å². The molecular weight excluding hydrogens is 713 g/mol. The first-order chi connectivity index (χ1) is 28.7. The van der Waals surface area contributed by atoms with E-state index in [0.29, 0.717) is 0 Å². The molecule has 0 aliphatic carbocycles. The minimum atomic E-state index is 0.187. The van der Waals surface area contributed by atoms with E-state index in [1.165, 1.54) is 88.2 Å². The molecular formula is C57H70N2. The van der Waals surface area contributed by atoms with E-state index in [-0.39, 0.29) is 10.8 Å². The highest BCUT2D eigenvalue weighted by Gasteiger charge is 2.24. The van der Waals surface area contributed by atoms with Gasteiger partial charge in [-0.2, -0.15) is 0 Å². The van der Waals surface area contributed by atoms with E-state index >= 15 is 0 Å². The molecule has 0 heterocycles. The van der Waals surface area contributed by atoms with Gasteiger partial charge in [-0.25, -0.2) is 0 Å². The fourth-order valence-corrected chi connectivity index (χ4v) is 8.43. The van der Waals surface area contributed by atoms with Crippen LogP contribution in [0.5, 0.6) is 0 Å².